The number of carbonyl (C=O) groups is 1. The maximum atomic E-state index is 10.6. The topological polar surface area (TPSA) is 67.8 Å². The van der Waals surface area contributed by atoms with E-state index in [9.17, 15) is 4.79 Å². The van der Waals surface area contributed by atoms with Gasteiger partial charge in [0.2, 0.25) is 0 Å². The first-order valence-corrected chi connectivity index (χ1v) is 5.70. The number of nitrogens with one attached hydrogen (secondary N) is 1. The highest BCUT2D eigenvalue weighted by Crippen LogP contribution is 2.19. The lowest BCUT2D eigenvalue weighted by Crippen LogP contribution is -2.27. The van der Waals surface area contributed by atoms with Gasteiger partial charge in [-0.2, -0.15) is 5.26 Å². The van der Waals surface area contributed by atoms with Gasteiger partial charge < -0.3 is 10.1 Å². The highest BCUT2D eigenvalue weighted by Gasteiger charge is 2.20. The molecule has 0 atom stereocenters. The second-order valence-corrected chi connectivity index (χ2v) is 4.65. The summed E-state index contributed by atoms with van der Waals surface area (Å²) < 4.78 is 4.70. The monoisotopic (exact) mass is 233 g/mol. The average Bonchev–Trinajstić information content (AvgIpc) is 2.25. The van der Waals surface area contributed by atoms with Crippen LogP contribution in [0.25, 0.3) is 0 Å². The third-order valence-electron chi connectivity index (χ3n) is 2.34. The Bertz CT molecular complexity index is 194. The minimum atomic E-state index is -1.05. The minimum Gasteiger partial charge on any atom is -0.432 e. The fourth-order valence-corrected chi connectivity index (χ4v) is 1.21. The van der Waals surface area contributed by atoms with E-state index in [1.807, 2.05) is 13.8 Å². The molecule has 0 bridgehead atoms. The van der Waals surface area contributed by atoms with Crippen molar-refractivity contribution in [3.63, 3.8) is 0 Å². The summed E-state index contributed by atoms with van der Waals surface area (Å²) in [6.07, 6.45) is 2.21. The van der Waals surface area contributed by atoms with Crippen molar-refractivity contribution < 1.29 is 19.7 Å². The van der Waals surface area contributed by atoms with Crippen LogP contribution in [0.15, 0.2) is 0 Å². The fourth-order valence-electron chi connectivity index (χ4n) is 1.21. The molecule has 0 spiro atoms. The van der Waals surface area contributed by atoms with Crippen molar-refractivity contribution in [2.75, 3.05) is 19.7 Å². The molecule has 2 N–H and O–H groups in total. The van der Waals surface area contributed by atoms with Gasteiger partial charge in [0.1, 0.15) is 6.61 Å². The Morgan fingerprint density at radius 3 is 2.62 bits per heavy atom. The molecule has 0 heterocycles. The predicted octanol–water partition coefficient (Wildman–Crippen LogP) is 2.42. The summed E-state index contributed by atoms with van der Waals surface area (Å²) in [5, 5.41) is 11.3. The summed E-state index contributed by atoms with van der Waals surface area (Å²) in [6, 6.07) is 0. The first kappa shape index (κ1) is 15.2. The van der Waals surface area contributed by atoms with Crippen LogP contribution < -0.4 is 5.32 Å². The Morgan fingerprint density at radius 1 is 1.38 bits per heavy atom. The number of hydrogen-bond acceptors (Lipinski definition) is 5. The van der Waals surface area contributed by atoms with Gasteiger partial charge in [-0.25, -0.2) is 4.79 Å². The normalized spacial score (nSPS) is 11.2. The number of ether oxygens (including phenoxy) is 1. The van der Waals surface area contributed by atoms with Gasteiger partial charge in [0.15, 0.2) is 0 Å². The van der Waals surface area contributed by atoms with Gasteiger partial charge in [-0.05, 0) is 25.9 Å². The second kappa shape index (κ2) is 8.35. The summed E-state index contributed by atoms with van der Waals surface area (Å²) in [4.78, 5) is 14.0. The lowest BCUT2D eigenvalue weighted by atomic mass is 9.90. The molecule has 0 fully saturated rings. The Morgan fingerprint density at radius 2 is 2.06 bits per heavy atom. The Labute approximate surface area is 97.1 Å². The molecule has 5 heteroatoms. The zero-order valence-corrected chi connectivity index (χ0v) is 10.4. The second-order valence-electron chi connectivity index (χ2n) is 4.65. The molecule has 0 aromatic rings. The number of carbonyl (C=O) groups excluding carboxylic acids is 1. The average molecular weight is 233 g/mol. The van der Waals surface area contributed by atoms with Gasteiger partial charge in [-0.1, -0.05) is 27.2 Å². The van der Waals surface area contributed by atoms with E-state index in [-0.39, 0.29) is 12.0 Å². The largest absolute Gasteiger partial charge is 0.540 e. The molecular weight excluding hydrogens is 210 g/mol. The maximum Gasteiger partial charge on any atom is 0.540 e. The van der Waals surface area contributed by atoms with Crippen LogP contribution in [0.4, 0.5) is 4.79 Å². The van der Waals surface area contributed by atoms with Crippen LogP contribution in [-0.4, -0.2) is 31.1 Å². The highest BCUT2D eigenvalue weighted by atomic mass is 17.1. The van der Waals surface area contributed by atoms with Gasteiger partial charge >= 0.3 is 6.16 Å². The minimum absolute atomic E-state index is 0.118. The lowest BCUT2D eigenvalue weighted by molar-refractivity contribution is -0.203. The molecule has 0 aliphatic rings. The van der Waals surface area contributed by atoms with E-state index in [2.05, 4.69) is 17.1 Å². The molecule has 0 rings (SSSR count). The fraction of sp³-hybridized carbons (Fsp3) is 0.909. The Balaban J connectivity index is 3.57. The van der Waals surface area contributed by atoms with Crippen LogP contribution in [0, 0.1) is 5.41 Å². The van der Waals surface area contributed by atoms with Crippen molar-refractivity contribution in [1.29, 1.82) is 0 Å². The first-order valence-electron chi connectivity index (χ1n) is 5.70. The zero-order chi connectivity index (χ0) is 12.4. The van der Waals surface area contributed by atoms with Crippen LogP contribution in [-0.2, 0) is 9.62 Å². The van der Waals surface area contributed by atoms with E-state index in [1.165, 1.54) is 12.8 Å². The predicted molar refractivity (Wildman–Crippen MR) is 61.2 cm³/mol. The number of hydrogen-bond donors (Lipinski definition) is 2. The van der Waals surface area contributed by atoms with Crippen LogP contribution in [0.5, 0.6) is 0 Å². The molecule has 0 aliphatic heterocycles. The summed E-state index contributed by atoms with van der Waals surface area (Å²) >= 11 is 0. The van der Waals surface area contributed by atoms with E-state index in [0.29, 0.717) is 0 Å². The van der Waals surface area contributed by atoms with E-state index in [0.717, 1.165) is 19.5 Å². The van der Waals surface area contributed by atoms with E-state index in [1.54, 1.807) is 0 Å². The molecule has 0 amide bonds. The standard InChI is InChI=1S/C11H23NO4/c1-4-5-7-12-8-6-11(2,3)9-15-10(13)16-14/h12,14H,4-9H2,1-3H3. The molecule has 0 aromatic carbocycles. The van der Waals surface area contributed by atoms with E-state index >= 15 is 0 Å². The van der Waals surface area contributed by atoms with Gasteiger partial charge in [-0.3, -0.25) is 4.89 Å². The molecular formula is C11H23NO4. The van der Waals surface area contributed by atoms with Gasteiger partial charge in [0.25, 0.3) is 0 Å². The van der Waals surface area contributed by atoms with Crippen molar-refractivity contribution in [3.05, 3.63) is 0 Å². The first-order chi connectivity index (χ1) is 7.52. The van der Waals surface area contributed by atoms with Gasteiger partial charge in [0.05, 0.1) is 0 Å². The number of unbranched alkanes of at least 4 members (excludes halogenated alkanes) is 1. The van der Waals surface area contributed by atoms with Crippen molar-refractivity contribution in [2.24, 2.45) is 5.41 Å². The van der Waals surface area contributed by atoms with Crippen LogP contribution in [0.3, 0.4) is 0 Å². The van der Waals surface area contributed by atoms with Gasteiger partial charge in [-0.15, -0.1) is 0 Å². The van der Waals surface area contributed by atoms with E-state index < -0.39 is 6.16 Å². The maximum absolute atomic E-state index is 10.6. The molecule has 0 unspecified atom stereocenters. The molecule has 16 heavy (non-hydrogen) atoms. The molecule has 0 radical (unpaired) electrons. The van der Waals surface area contributed by atoms with Crippen molar-refractivity contribution >= 4 is 6.16 Å². The van der Waals surface area contributed by atoms with Gasteiger partial charge in [0, 0.05) is 5.41 Å². The Hall–Kier alpha value is -0.810. The van der Waals surface area contributed by atoms with Crippen molar-refractivity contribution in [3.8, 4) is 0 Å². The van der Waals surface area contributed by atoms with Crippen LogP contribution in [0.2, 0.25) is 0 Å². The Kier molecular flexibility index (Phi) is 7.93. The summed E-state index contributed by atoms with van der Waals surface area (Å²) in [5.41, 5.74) is -0.118. The smallest absolute Gasteiger partial charge is 0.432 e. The molecule has 0 aromatic heterocycles. The molecule has 0 aliphatic carbocycles. The third kappa shape index (κ3) is 8.49. The van der Waals surface area contributed by atoms with Crippen LogP contribution >= 0.6 is 0 Å². The molecule has 96 valence electrons. The van der Waals surface area contributed by atoms with E-state index in [4.69, 9.17) is 9.99 Å². The van der Waals surface area contributed by atoms with Crippen molar-refractivity contribution in [2.45, 2.75) is 40.0 Å². The van der Waals surface area contributed by atoms with Crippen molar-refractivity contribution in [1.82, 2.24) is 5.32 Å². The third-order valence-corrected chi connectivity index (χ3v) is 2.34. The summed E-state index contributed by atoms with van der Waals surface area (Å²) in [6.45, 7) is 8.30. The molecule has 5 nitrogen and oxygen atoms in total. The highest BCUT2D eigenvalue weighted by molar-refractivity contribution is 5.58. The lowest BCUT2D eigenvalue weighted by Gasteiger charge is -2.23. The molecule has 0 saturated heterocycles. The SMILES string of the molecule is CCCCNCCC(C)(C)COC(=O)OO. The summed E-state index contributed by atoms with van der Waals surface area (Å²) in [5.74, 6) is 0. The summed E-state index contributed by atoms with van der Waals surface area (Å²) in [7, 11) is 0. The van der Waals surface area contributed by atoms with Crippen LogP contribution in [0.1, 0.15) is 40.0 Å². The number of rotatable bonds is 8. The molecule has 0 saturated carbocycles. The zero-order valence-electron chi connectivity index (χ0n) is 10.4. The quantitative estimate of drug-likeness (QED) is 0.292.